The van der Waals surface area contributed by atoms with Crippen LogP contribution in [0.4, 0.5) is 0 Å². The third kappa shape index (κ3) is 4.70. The van der Waals surface area contributed by atoms with Crippen LogP contribution in [-0.2, 0) is 11.3 Å². The number of aromatic amines is 1. The Morgan fingerprint density at radius 1 is 1.27 bits per heavy atom. The van der Waals surface area contributed by atoms with Gasteiger partial charge in [-0.2, -0.15) is 0 Å². The summed E-state index contributed by atoms with van der Waals surface area (Å²) in [5.74, 6) is 1.37. The second-order valence-electron chi connectivity index (χ2n) is 7.98. The molecule has 2 atom stereocenters. The quantitative estimate of drug-likeness (QED) is 0.681. The van der Waals surface area contributed by atoms with Crippen molar-refractivity contribution in [1.82, 2.24) is 15.2 Å². The summed E-state index contributed by atoms with van der Waals surface area (Å²) in [6, 6.07) is 5.93. The number of hydrogen-bond acceptors (Lipinski definition) is 5. The fourth-order valence-corrected chi connectivity index (χ4v) is 4.11. The lowest BCUT2D eigenvalue weighted by atomic mass is 10.1. The number of benzene rings is 1. The van der Waals surface area contributed by atoms with Crippen molar-refractivity contribution < 1.29 is 14.2 Å². The van der Waals surface area contributed by atoms with Crippen LogP contribution in [0.5, 0.6) is 11.5 Å². The molecule has 1 aromatic heterocycles. The lowest BCUT2D eigenvalue weighted by Gasteiger charge is -2.29. The smallest absolute Gasteiger partial charge is 0.253 e. The van der Waals surface area contributed by atoms with Crippen LogP contribution in [0.15, 0.2) is 23.0 Å². The van der Waals surface area contributed by atoms with E-state index < -0.39 is 0 Å². The van der Waals surface area contributed by atoms with E-state index in [-0.39, 0.29) is 17.7 Å². The van der Waals surface area contributed by atoms with Crippen molar-refractivity contribution in [1.29, 1.82) is 0 Å². The van der Waals surface area contributed by atoms with Gasteiger partial charge in [-0.15, -0.1) is 0 Å². The maximum atomic E-state index is 12.8. The number of hydrogen-bond donors (Lipinski definition) is 2. The standard InChI is InChI=1S/C22H29N3O4S/c1-3-14(2)23-22(30)25(13-17-5-4-6-27-17)12-16-9-15-10-19-20(29-8-7-28-19)11-18(15)24-21(16)26/h9-11,14,17H,3-8,12-13H2,1-2H3,(H,23,30)(H,24,26)/t14-,17-/m1/s1. The number of nitrogens with one attached hydrogen (secondary N) is 2. The average molecular weight is 432 g/mol. The van der Waals surface area contributed by atoms with Crippen molar-refractivity contribution in [2.45, 2.75) is 51.8 Å². The molecular formula is C22H29N3O4S. The second-order valence-corrected chi connectivity index (χ2v) is 8.37. The number of aromatic nitrogens is 1. The molecule has 0 spiro atoms. The number of rotatable bonds is 6. The van der Waals surface area contributed by atoms with Crippen LogP contribution in [0.25, 0.3) is 10.9 Å². The van der Waals surface area contributed by atoms with Crippen molar-refractivity contribution in [3.63, 3.8) is 0 Å². The highest BCUT2D eigenvalue weighted by Gasteiger charge is 2.23. The highest BCUT2D eigenvalue weighted by molar-refractivity contribution is 7.80. The maximum absolute atomic E-state index is 12.8. The van der Waals surface area contributed by atoms with Gasteiger partial charge in [0.2, 0.25) is 0 Å². The number of ether oxygens (including phenoxy) is 3. The van der Waals surface area contributed by atoms with Crippen LogP contribution in [0.2, 0.25) is 0 Å². The highest BCUT2D eigenvalue weighted by atomic mass is 32.1. The summed E-state index contributed by atoms with van der Waals surface area (Å²) in [7, 11) is 0. The van der Waals surface area contributed by atoms with Gasteiger partial charge in [-0.3, -0.25) is 4.79 Å². The first-order valence-corrected chi connectivity index (χ1v) is 11.1. The Labute approximate surface area is 181 Å². The first kappa shape index (κ1) is 20.9. The van der Waals surface area contributed by atoms with Gasteiger partial charge in [0.15, 0.2) is 16.6 Å². The number of thiocarbonyl (C=S) groups is 1. The topological polar surface area (TPSA) is 75.8 Å². The van der Waals surface area contributed by atoms with E-state index in [1.807, 2.05) is 23.1 Å². The molecule has 2 aliphatic rings. The minimum atomic E-state index is -0.122. The minimum Gasteiger partial charge on any atom is -0.486 e. The van der Waals surface area contributed by atoms with Crippen LogP contribution in [0.3, 0.4) is 0 Å². The highest BCUT2D eigenvalue weighted by Crippen LogP contribution is 2.33. The van der Waals surface area contributed by atoms with Gasteiger partial charge >= 0.3 is 0 Å². The summed E-state index contributed by atoms with van der Waals surface area (Å²) in [5, 5.41) is 4.94. The maximum Gasteiger partial charge on any atom is 0.253 e. The second kappa shape index (κ2) is 9.22. The predicted octanol–water partition coefficient (Wildman–Crippen LogP) is 2.95. The molecule has 0 unspecified atom stereocenters. The Hall–Kier alpha value is -2.32. The van der Waals surface area contributed by atoms with Crippen molar-refractivity contribution in [3.8, 4) is 11.5 Å². The van der Waals surface area contributed by atoms with E-state index >= 15 is 0 Å². The van der Waals surface area contributed by atoms with Gasteiger partial charge in [0.05, 0.1) is 18.2 Å². The van der Waals surface area contributed by atoms with Crippen LogP contribution in [-0.4, -0.2) is 53.5 Å². The predicted molar refractivity (Wildman–Crippen MR) is 120 cm³/mol. The number of nitrogens with zero attached hydrogens (tertiary/aromatic N) is 1. The molecule has 7 nitrogen and oxygen atoms in total. The zero-order valence-electron chi connectivity index (χ0n) is 17.5. The molecule has 0 amide bonds. The zero-order chi connectivity index (χ0) is 21.1. The molecule has 1 fully saturated rings. The van der Waals surface area contributed by atoms with Gasteiger partial charge in [-0.05, 0) is 50.5 Å². The van der Waals surface area contributed by atoms with Crippen molar-refractivity contribution >= 4 is 28.2 Å². The van der Waals surface area contributed by atoms with E-state index in [0.29, 0.717) is 48.5 Å². The molecule has 0 radical (unpaired) electrons. The van der Waals surface area contributed by atoms with Crippen molar-refractivity contribution in [2.24, 2.45) is 0 Å². The minimum absolute atomic E-state index is 0.122. The molecule has 1 aromatic carbocycles. The molecule has 1 saturated heterocycles. The zero-order valence-corrected chi connectivity index (χ0v) is 18.3. The van der Waals surface area contributed by atoms with Crippen LogP contribution < -0.4 is 20.3 Å². The van der Waals surface area contributed by atoms with Crippen molar-refractivity contribution in [2.75, 3.05) is 26.4 Å². The summed E-state index contributed by atoms with van der Waals surface area (Å²) in [4.78, 5) is 17.9. The van der Waals surface area contributed by atoms with Gasteiger partial charge in [-0.25, -0.2) is 0 Å². The number of pyridine rings is 1. The number of fused-ring (bicyclic) bond motifs is 2. The summed E-state index contributed by atoms with van der Waals surface area (Å²) < 4.78 is 17.1. The van der Waals surface area contributed by atoms with Gasteiger partial charge in [0, 0.05) is 36.2 Å². The largest absolute Gasteiger partial charge is 0.486 e. The monoisotopic (exact) mass is 431 g/mol. The third-order valence-corrected chi connectivity index (χ3v) is 6.04. The molecule has 3 heterocycles. The van der Waals surface area contributed by atoms with Gasteiger partial charge in [-0.1, -0.05) is 6.92 Å². The van der Waals surface area contributed by atoms with E-state index in [0.717, 1.165) is 36.8 Å². The molecule has 0 saturated carbocycles. The molecule has 8 heteroatoms. The van der Waals surface area contributed by atoms with E-state index in [1.165, 1.54) is 0 Å². The van der Waals surface area contributed by atoms with E-state index in [2.05, 4.69) is 24.1 Å². The molecular weight excluding hydrogens is 402 g/mol. The van der Waals surface area contributed by atoms with Crippen molar-refractivity contribution in [3.05, 3.63) is 34.1 Å². The average Bonchev–Trinajstić information content (AvgIpc) is 3.25. The molecule has 2 aliphatic heterocycles. The Morgan fingerprint density at radius 2 is 2.03 bits per heavy atom. The first-order valence-electron chi connectivity index (χ1n) is 10.7. The molecule has 2 aromatic rings. The molecule has 4 rings (SSSR count). The van der Waals surface area contributed by atoms with E-state index in [9.17, 15) is 4.79 Å². The van der Waals surface area contributed by atoms with Crippen LogP contribution in [0, 0.1) is 0 Å². The first-order chi connectivity index (χ1) is 14.5. The SMILES string of the molecule is CC[C@@H](C)NC(=S)N(Cc1cc2cc3c(cc2[nH]c1=O)OCCO3)C[C@H]1CCCO1. The van der Waals surface area contributed by atoms with Gasteiger partial charge in [0.1, 0.15) is 13.2 Å². The normalized spacial score (nSPS) is 18.9. The van der Waals surface area contributed by atoms with E-state index in [4.69, 9.17) is 26.4 Å². The fourth-order valence-electron chi connectivity index (χ4n) is 3.77. The summed E-state index contributed by atoms with van der Waals surface area (Å²) in [6.07, 6.45) is 3.18. The Kier molecular flexibility index (Phi) is 6.43. The number of H-pyrrole nitrogens is 1. The summed E-state index contributed by atoms with van der Waals surface area (Å²) in [6.45, 7) is 7.13. The van der Waals surface area contributed by atoms with Gasteiger partial charge in [0.25, 0.3) is 5.56 Å². The lowest BCUT2D eigenvalue weighted by molar-refractivity contribution is 0.0895. The Bertz CT molecular complexity index is 971. The van der Waals surface area contributed by atoms with E-state index in [1.54, 1.807) is 0 Å². The molecule has 0 aliphatic carbocycles. The molecule has 30 heavy (non-hydrogen) atoms. The third-order valence-electron chi connectivity index (χ3n) is 5.66. The Balaban J connectivity index is 1.61. The summed E-state index contributed by atoms with van der Waals surface area (Å²) >= 11 is 5.68. The Morgan fingerprint density at radius 3 is 2.73 bits per heavy atom. The molecule has 0 bridgehead atoms. The summed E-state index contributed by atoms with van der Waals surface area (Å²) in [5.41, 5.74) is 1.27. The lowest BCUT2D eigenvalue weighted by Crippen LogP contribution is -2.46. The molecule has 162 valence electrons. The van der Waals surface area contributed by atoms with Crippen LogP contribution in [0.1, 0.15) is 38.7 Å². The van der Waals surface area contributed by atoms with Crippen LogP contribution >= 0.6 is 12.2 Å². The molecule has 2 N–H and O–H groups in total. The fraction of sp³-hybridized carbons (Fsp3) is 0.545. The van der Waals surface area contributed by atoms with Gasteiger partial charge < -0.3 is 29.4 Å².